The van der Waals surface area contributed by atoms with Crippen LogP contribution in [0.25, 0.3) is 0 Å². The summed E-state index contributed by atoms with van der Waals surface area (Å²) in [6.45, 7) is 3.24. The quantitative estimate of drug-likeness (QED) is 0.803. The van der Waals surface area contributed by atoms with Gasteiger partial charge in [-0.1, -0.05) is 18.7 Å². The van der Waals surface area contributed by atoms with Crippen molar-refractivity contribution in [3.8, 4) is 0 Å². The maximum absolute atomic E-state index is 11.3. The maximum Gasteiger partial charge on any atom is 0.200 e. The molecule has 1 rings (SSSR count). The van der Waals surface area contributed by atoms with E-state index in [-0.39, 0.29) is 4.90 Å². The van der Waals surface area contributed by atoms with Crippen LogP contribution in [0.4, 0.5) is 0 Å². The van der Waals surface area contributed by atoms with Gasteiger partial charge in [-0.3, -0.25) is 0 Å². The first-order valence-electron chi connectivity index (χ1n) is 3.20. The van der Waals surface area contributed by atoms with Crippen LogP contribution in [0, 0.1) is 0 Å². The van der Waals surface area contributed by atoms with Gasteiger partial charge in [-0.05, 0) is 28.1 Å². The fraction of sp³-hybridized carbons (Fsp3) is 0. The third-order valence-electron chi connectivity index (χ3n) is 1.36. The van der Waals surface area contributed by atoms with Crippen LogP contribution < -0.4 is 0 Å². The van der Waals surface area contributed by atoms with Gasteiger partial charge >= 0.3 is 0 Å². The first kappa shape index (κ1) is 9.48. The van der Waals surface area contributed by atoms with Crippen molar-refractivity contribution < 1.29 is 8.42 Å². The summed E-state index contributed by atoms with van der Waals surface area (Å²) in [5.41, 5.74) is 0. The molecule has 0 atom stereocenters. The number of sulfone groups is 1. The molecule has 2 nitrogen and oxygen atoms in total. The Balaban J connectivity index is 3.39. The van der Waals surface area contributed by atoms with Gasteiger partial charge in [0.2, 0.25) is 0 Å². The van der Waals surface area contributed by atoms with Gasteiger partial charge in [0.05, 0.1) is 4.90 Å². The summed E-state index contributed by atoms with van der Waals surface area (Å²) < 4.78 is 23.1. The van der Waals surface area contributed by atoms with E-state index in [2.05, 4.69) is 22.5 Å². The van der Waals surface area contributed by atoms with Crippen LogP contribution in [0.1, 0.15) is 0 Å². The summed E-state index contributed by atoms with van der Waals surface area (Å²) in [7, 11) is -3.31. The van der Waals surface area contributed by atoms with Crippen molar-refractivity contribution >= 4 is 25.8 Å². The molecule has 0 aliphatic carbocycles. The SMILES string of the molecule is C=CS(=O)(=O)c1ccccc1Br. The molecule has 1 aromatic carbocycles. The Bertz CT molecular complexity index is 395. The molecule has 0 radical (unpaired) electrons. The Kier molecular flexibility index (Phi) is 2.69. The highest BCUT2D eigenvalue weighted by molar-refractivity contribution is 9.10. The minimum atomic E-state index is -3.31. The molecular formula is C8H7BrO2S. The molecule has 0 saturated heterocycles. The van der Waals surface area contributed by atoms with E-state index < -0.39 is 9.84 Å². The van der Waals surface area contributed by atoms with E-state index in [0.717, 1.165) is 5.41 Å². The lowest BCUT2D eigenvalue weighted by Crippen LogP contribution is -1.95. The van der Waals surface area contributed by atoms with Crippen LogP contribution >= 0.6 is 15.9 Å². The van der Waals surface area contributed by atoms with Crippen LogP contribution in [0.2, 0.25) is 0 Å². The summed E-state index contributed by atoms with van der Waals surface area (Å²) in [5.74, 6) is 0. The molecule has 64 valence electrons. The van der Waals surface area contributed by atoms with Gasteiger partial charge < -0.3 is 0 Å². The fourth-order valence-corrected chi connectivity index (χ4v) is 2.51. The Morgan fingerprint density at radius 2 is 1.92 bits per heavy atom. The number of rotatable bonds is 2. The largest absolute Gasteiger partial charge is 0.219 e. The van der Waals surface area contributed by atoms with Crippen molar-refractivity contribution in [3.05, 3.63) is 40.7 Å². The predicted molar refractivity (Wildman–Crippen MR) is 51.5 cm³/mol. The van der Waals surface area contributed by atoms with Gasteiger partial charge in [-0.25, -0.2) is 8.42 Å². The maximum atomic E-state index is 11.3. The molecule has 0 spiro atoms. The van der Waals surface area contributed by atoms with Gasteiger partial charge in [0.1, 0.15) is 0 Å². The monoisotopic (exact) mass is 246 g/mol. The highest BCUT2D eigenvalue weighted by Crippen LogP contribution is 2.22. The molecule has 0 aliphatic heterocycles. The van der Waals surface area contributed by atoms with Crippen LogP contribution in [-0.2, 0) is 9.84 Å². The highest BCUT2D eigenvalue weighted by Gasteiger charge is 2.11. The van der Waals surface area contributed by atoms with Crippen molar-refractivity contribution in [2.24, 2.45) is 0 Å². The Morgan fingerprint density at radius 1 is 1.33 bits per heavy atom. The van der Waals surface area contributed by atoms with E-state index >= 15 is 0 Å². The predicted octanol–water partition coefficient (Wildman–Crippen LogP) is 2.37. The Hall–Kier alpha value is -0.610. The van der Waals surface area contributed by atoms with E-state index in [1.165, 1.54) is 6.07 Å². The van der Waals surface area contributed by atoms with Crippen molar-refractivity contribution in [1.82, 2.24) is 0 Å². The minimum Gasteiger partial charge on any atom is -0.219 e. The van der Waals surface area contributed by atoms with Gasteiger partial charge in [0.15, 0.2) is 9.84 Å². The second kappa shape index (κ2) is 3.41. The molecule has 1 aromatic rings. The van der Waals surface area contributed by atoms with E-state index in [1.807, 2.05) is 0 Å². The first-order chi connectivity index (χ1) is 5.58. The number of hydrogen-bond donors (Lipinski definition) is 0. The molecule has 0 saturated carbocycles. The van der Waals surface area contributed by atoms with Crippen molar-refractivity contribution in [1.29, 1.82) is 0 Å². The fourth-order valence-electron chi connectivity index (χ4n) is 0.765. The first-order valence-corrected chi connectivity index (χ1v) is 5.54. The lowest BCUT2D eigenvalue weighted by Gasteiger charge is -1.99. The molecule has 0 amide bonds. The molecule has 0 aliphatic rings. The van der Waals surface area contributed by atoms with Crippen molar-refractivity contribution in [2.45, 2.75) is 4.90 Å². The molecule has 12 heavy (non-hydrogen) atoms. The number of benzene rings is 1. The Morgan fingerprint density at radius 3 is 2.42 bits per heavy atom. The molecule has 0 N–H and O–H groups in total. The van der Waals surface area contributed by atoms with Gasteiger partial charge in [0.25, 0.3) is 0 Å². The molecule has 4 heteroatoms. The van der Waals surface area contributed by atoms with Crippen LogP contribution in [0.15, 0.2) is 45.6 Å². The second-order valence-corrected chi connectivity index (χ2v) is 4.86. The third kappa shape index (κ3) is 1.76. The Labute approximate surface area is 80.0 Å². The standard InChI is InChI=1S/C8H7BrO2S/c1-2-12(10,11)8-6-4-3-5-7(8)9/h2-6H,1H2. The van der Waals surface area contributed by atoms with Crippen LogP contribution in [-0.4, -0.2) is 8.42 Å². The zero-order chi connectivity index (χ0) is 9.19. The minimum absolute atomic E-state index is 0.250. The van der Waals surface area contributed by atoms with E-state index in [1.54, 1.807) is 18.2 Å². The summed E-state index contributed by atoms with van der Waals surface area (Å²) >= 11 is 3.15. The van der Waals surface area contributed by atoms with E-state index in [9.17, 15) is 8.42 Å². The van der Waals surface area contributed by atoms with E-state index in [0.29, 0.717) is 4.47 Å². The molecule has 0 heterocycles. The molecule has 0 bridgehead atoms. The van der Waals surface area contributed by atoms with Crippen molar-refractivity contribution in [3.63, 3.8) is 0 Å². The van der Waals surface area contributed by atoms with Gasteiger partial charge in [-0.15, -0.1) is 0 Å². The summed E-state index contributed by atoms with van der Waals surface area (Å²) in [6, 6.07) is 6.63. The lowest BCUT2D eigenvalue weighted by molar-refractivity contribution is 0.604. The summed E-state index contributed by atoms with van der Waals surface area (Å²) in [6.07, 6.45) is 0. The van der Waals surface area contributed by atoms with Crippen LogP contribution in [0.5, 0.6) is 0 Å². The third-order valence-corrected chi connectivity index (χ3v) is 3.72. The zero-order valence-electron chi connectivity index (χ0n) is 6.20. The summed E-state index contributed by atoms with van der Waals surface area (Å²) in [5, 5.41) is 0.938. The molecule has 0 unspecified atom stereocenters. The normalized spacial score (nSPS) is 11.1. The average Bonchev–Trinajstić information content (AvgIpc) is 2.05. The molecule has 0 fully saturated rings. The van der Waals surface area contributed by atoms with E-state index in [4.69, 9.17) is 0 Å². The number of halogens is 1. The van der Waals surface area contributed by atoms with Crippen LogP contribution in [0.3, 0.4) is 0 Å². The second-order valence-electron chi connectivity index (χ2n) is 2.14. The number of hydrogen-bond acceptors (Lipinski definition) is 2. The average molecular weight is 247 g/mol. The summed E-state index contributed by atoms with van der Waals surface area (Å²) in [4.78, 5) is 0.250. The lowest BCUT2D eigenvalue weighted by atomic mass is 10.4. The molecule has 0 aromatic heterocycles. The topological polar surface area (TPSA) is 34.1 Å². The highest BCUT2D eigenvalue weighted by atomic mass is 79.9. The zero-order valence-corrected chi connectivity index (χ0v) is 8.60. The van der Waals surface area contributed by atoms with Gasteiger partial charge in [0, 0.05) is 9.88 Å². The van der Waals surface area contributed by atoms with Crippen molar-refractivity contribution in [2.75, 3.05) is 0 Å². The smallest absolute Gasteiger partial charge is 0.200 e. The molecular weight excluding hydrogens is 240 g/mol. The van der Waals surface area contributed by atoms with Gasteiger partial charge in [-0.2, -0.15) is 0 Å².